The predicted molar refractivity (Wildman–Crippen MR) is 51.7 cm³/mol. The van der Waals surface area contributed by atoms with E-state index in [1.807, 2.05) is 25.1 Å². The average Bonchev–Trinajstić information content (AvgIpc) is 2.03. The Labute approximate surface area is 77.5 Å². The van der Waals surface area contributed by atoms with E-state index in [0.717, 1.165) is 16.3 Å². The highest BCUT2D eigenvalue weighted by Gasteiger charge is 1.96. The number of nitrogens with one attached hydrogen (secondary N) is 1. The Hall–Kier alpha value is -0.730. The van der Waals surface area contributed by atoms with Gasteiger partial charge in [-0.1, -0.05) is 11.6 Å². The molecule has 0 unspecified atom stereocenters. The smallest absolute Gasteiger partial charge is 0.116 e. The first kappa shape index (κ1) is 9.36. The Morgan fingerprint density at radius 2 is 2.25 bits per heavy atom. The van der Waals surface area contributed by atoms with Gasteiger partial charge in [0.1, 0.15) is 6.73 Å². The molecule has 0 atom stereocenters. The summed E-state index contributed by atoms with van der Waals surface area (Å²) in [7, 11) is 1.65. The van der Waals surface area contributed by atoms with E-state index in [4.69, 9.17) is 16.3 Å². The normalized spacial score (nSPS) is 9.92. The number of halogens is 1. The third kappa shape index (κ3) is 2.40. The minimum absolute atomic E-state index is 0.516. The zero-order chi connectivity index (χ0) is 8.97. The highest BCUT2D eigenvalue weighted by molar-refractivity contribution is 6.30. The van der Waals surface area contributed by atoms with Crippen molar-refractivity contribution in [2.45, 2.75) is 6.92 Å². The van der Waals surface area contributed by atoms with Crippen LogP contribution in [0.1, 0.15) is 5.56 Å². The summed E-state index contributed by atoms with van der Waals surface area (Å²) < 4.78 is 4.89. The Bertz CT molecular complexity index is 263. The molecule has 0 saturated heterocycles. The molecule has 1 N–H and O–H groups in total. The molecule has 12 heavy (non-hydrogen) atoms. The summed E-state index contributed by atoms with van der Waals surface area (Å²) in [6, 6.07) is 5.71. The molecule has 0 aliphatic rings. The second-order valence-electron chi connectivity index (χ2n) is 2.57. The van der Waals surface area contributed by atoms with E-state index in [1.165, 1.54) is 0 Å². The molecule has 0 fully saturated rings. The molecule has 0 spiro atoms. The first-order chi connectivity index (χ1) is 5.74. The molecular weight excluding hydrogens is 174 g/mol. The lowest BCUT2D eigenvalue weighted by Crippen LogP contribution is -2.03. The van der Waals surface area contributed by atoms with Gasteiger partial charge in [0.25, 0.3) is 0 Å². The van der Waals surface area contributed by atoms with Gasteiger partial charge < -0.3 is 10.1 Å². The van der Waals surface area contributed by atoms with Crippen molar-refractivity contribution in [2.24, 2.45) is 0 Å². The van der Waals surface area contributed by atoms with E-state index in [9.17, 15) is 0 Å². The number of hydrogen-bond donors (Lipinski definition) is 1. The summed E-state index contributed by atoms with van der Waals surface area (Å²) in [6.07, 6.45) is 0. The molecule has 0 aromatic heterocycles. The zero-order valence-electron chi connectivity index (χ0n) is 7.23. The van der Waals surface area contributed by atoms with Crippen LogP contribution in [0, 0.1) is 6.92 Å². The van der Waals surface area contributed by atoms with Gasteiger partial charge in [-0.25, -0.2) is 0 Å². The van der Waals surface area contributed by atoms with Crippen molar-refractivity contribution in [3.05, 3.63) is 28.8 Å². The number of rotatable bonds is 3. The Morgan fingerprint density at radius 3 is 2.83 bits per heavy atom. The van der Waals surface area contributed by atoms with Crippen LogP contribution in [0.25, 0.3) is 0 Å². The molecule has 0 aliphatic carbocycles. The third-order valence-corrected chi connectivity index (χ3v) is 1.83. The Balaban J connectivity index is 2.72. The van der Waals surface area contributed by atoms with Gasteiger partial charge in [-0.3, -0.25) is 0 Å². The SMILES string of the molecule is COCNc1ccc(Cl)cc1C. The maximum atomic E-state index is 5.79. The number of aryl methyl sites for hydroxylation is 1. The van der Waals surface area contributed by atoms with Crippen molar-refractivity contribution >= 4 is 17.3 Å². The maximum absolute atomic E-state index is 5.79. The lowest BCUT2D eigenvalue weighted by Gasteiger charge is -2.07. The highest BCUT2D eigenvalue weighted by Crippen LogP contribution is 2.18. The summed E-state index contributed by atoms with van der Waals surface area (Å²) in [5, 5.41) is 3.87. The topological polar surface area (TPSA) is 21.3 Å². The fraction of sp³-hybridized carbons (Fsp3) is 0.333. The number of benzene rings is 1. The average molecular weight is 186 g/mol. The number of ether oxygens (including phenoxy) is 1. The summed E-state index contributed by atoms with van der Waals surface area (Å²) in [4.78, 5) is 0. The number of anilines is 1. The van der Waals surface area contributed by atoms with Crippen molar-refractivity contribution < 1.29 is 4.74 Å². The van der Waals surface area contributed by atoms with Crippen LogP contribution in [-0.2, 0) is 4.74 Å². The van der Waals surface area contributed by atoms with Gasteiger partial charge in [0.05, 0.1) is 0 Å². The molecule has 0 heterocycles. The Kier molecular flexibility index (Phi) is 3.38. The summed E-state index contributed by atoms with van der Waals surface area (Å²) >= 11 is 5.79. The predicted octanol–water partition coefficient (Wildman–Crippen LogP) is 2.66. The monoisotopic (exact) mass is 185 g/mol. The molecule has 0 saturated carbocycles. The Morgan fingerprint density at radius 1 is 1.50 bits per heavy atom. The first-order valence-electron chi connectivity index (χ1n) is 3.73. The minimum Gasteiger partial charge on any atom is -0.365 e. The van der Waals surface area contributed by atoms with Gasteiger partial charge in [0.15, 0.2) is 0 Å². The first-order valence-corrected chi connectivity index (χ1v) is 4.11. The van der Waals surface area contributed by atoms with Crippen LogP contribution in [0.2, 0.25) is 5.02 Å². The molecule has 0 aliphatic heterocycles. The van der Waals surface area contributed by atoms with Crippen molar-refractivity contribution in [1.29, 1.82) is 0 Å². The van der Waals surface area contributed by atoms with Gasteiger partial charge in [-0.2, -0.15) is 0 Å². The van der Waals surface area contributed by atoms with Crippen LogP contribution in [0.3, 0.4) is 0 Å². The van der Waals surface area contributed by atoms with E-state index in [0.29, 0.717) is 6.73 Å². The van der Waals surface area contributed by atoms with Crippen LogP contribution in [0.15, 0.2) is 18.2 Å². The second-order valence-corrected chi connectivity index (χ2v) is 3.01. The van der Waals surface area contributed by atoms with E-state index < -0.39 is 0 Å². The lowest BCUT2D eigenvalue weighted by molar-refractivity contribution is 0.221. The van der Waals surface area contributed by atoms with Crippen molar-refractivity contribution in [3.8, 4) is 0 Å². The molecule has 0 amide bonds. The molecule has 1 rings (SSSR count). The molecule has 3 heteroatoms. The molecule has 0 radical (unpaired) electrons. The van der Waals surface area contributed by atoms with E-state index >= 15 is 0 Å². The van der Waals surface area contributed by atoms with Gasteiger partial charge >= 0.3 is 0 Å². The summed E-state index contributed by atoms with van der Waals surface area (Å²) in [6.45, 7) is 2.52. The van der Waals surface area contributed by atoms with Crippen LogP contribution in [0.4, 0.5) is 5.69 Å². The van der Waals surface area contributed by atoms with Gasteiger partial charge in [-0.15, -0.1) is 0 Å². The lowest BCUT2D eigenvalue weighted by atomic mass is 10.2. The van der Waals surface area contributed by atoms with Crippen molar-refractivity contribution in [3.63, 3.8) is 0 Å². The highest BCUT2D eigenvalue weighted by atomic mass is 35.5. The van der Waals surface area contributed by atoms with Gasteiger partial charge in [0.2, 0.25) is 0 Å². The molecule has 1 aromatic carbocycles. The fourth-order valence-corrected chi connectivity index (χ4v) is 1.20. The summed E-state index contributed by atoms with van der Waals surface area (Å²) in [5.41, 5.74) is 2.18. The molecule has 1 aromatic rings. The minimum atomic E-state index is 0.516. The molecule has 0 bridgehead atoms. The maximum Gasteiger partial charge on any atom is 0.116 e. The van der Waals surface area contributed by atoms with Crippen LogP contribution < -0.4 is 5.32 Å². The fourth-order valence-electron chi connectivity index (χ4n) is 0.975. The van der Waals surface area contributed by atoms with Gasteiger partial charge in [0, 0.05) is 17.8 Å². The summed E-state index contributed by atoms with van der Waals surface area (Å²) in [5.74, 6) is 0. The second kappa shape index (κ2) is 4.33. The largest absolute Gasteiger partial charge is 0.365 e. The van der Waals surface area contributed by atoms with E-state index in [-0.39, 0.29) is 0 Å². The standard InChI is InChI=1S/C9H12ClNO/c1-7-5-8(10)3-4-9(7)11-6-12-2/h3-5,11H,6H2,1-2H3. The van der Waals surface area contributed by atoms with Crippen LogP contribution >= 0.6 is 11.6 Å². The zero-order valence-corrected chi connectivity index (χ0v) is 7.98. The number of methoxy groups -OCH3 is 1. The van der Waals surface area contributed by atoms with Crippen LogP contribution in [-0.4, -0.2) is 13.8 Å². The van der Waals surface area contributed by atoms with E-state index in [2.05, 4.69) is 5.32 Å². The van der Waals surface area contributed by atoms with E-state index in [1.54, 1.807) is 7.11 Å². The third-order valence-electron chi connectivity index (χ3n) is 1.60. The molecule has 66 valence electrons. The van der Waals surface area contributed by atoms with Crippen molar-refractivity contribution in [1.82, 2.24) is 0 Å². The molecular formula is C9H12ClNO. The van der Waals surface area contributed by atoms with Crippen LogP contribution in [0.5, 0.6) is 0 Å². The quantitative estimate of drug-likeness (QED) is 0.732. The van der Waals surface area contributed by atoms with Gasteiger partial charge in [-0.05, 0) is 30.7 Å². The number of hydrogen-bond acceptors (Lipinski definition) is 2. The van der Waals surface area contributed by atoms with Crippen molar-refractivity contribution in [2.75, 3.05) is 19.2 Å². The molecule has 2 nitrogen and oxygen atoms in total.